The van der Waals surface area contributed by atoms with Crippen LogP contribution in [0, 0.1) is 0 Å². The van der Waals surface area contributed by atoms with Gasteiger partial charge >= 0.3 is 6.18 Å². The second kappa shape index (κ2) is 10.9. The number of pyridine rings is 1. The SMILES string of the molecule is CCC1CCc2cc(C(C)C)ccc21.Cn1cnc(-c2cc(/C(N)=C(/NN)C(F)(F)F)ccn2)c1. The van der Waals surface area contributed by atoms with Crippen LogP contribution < -0.4 is 17.0 Å². The Bertz CT molecular complexity index is 1180. The lowest BCUT2D eigenvalue weighted by Crippen LogP contribution is -2.34. The summed E-state index contributed by atoms with van der Waals surface area (Å²) < 4.78 is 40.0. The van der Waals surface area contributed by atoms with Crippen LogP contribution in [0.2, 0.25) is 0 Å². The van der Waals surface area contributed by atoms with Gasteiger partial charge in [-0.3, -0.25) is 10.8 Å². The zero-order chi connectivity index (χ0) is 25.8. The molecule has 1 unspecified atom stereocenters. The van der Waals surface area contributed by atoms with Crippen molar-refractivity contribution >= 4 is 5.70 Å². The first-order valence-corrected chi connectivity index (χ1v) is 11.7. The maximum Gasteiger partial charge on any atom is 0.434 e. The van der Waals surface area contributed by atoms with Crippen LogP contribution in [0.15, 0.2) is 54.7 Å². The molecule has 0 radical (unpaired) electrons. The molecule has 5 N–H and O–H groups in total. The van der Waals surface area contributed by atoms with Gasteiger partial charge in [0.15, 0.2) is 5.70 Å². The predicted molar refractivity (Wildman–Crippen MR) is 133 cm³/mol. The number of halogens is 3. The molecule has 0 saturated heterocycles. The second-order valence-electron chi connectivity index (χ2n) is 9.04. The largest absolute Gasteiger partial charge is 0.434 e. The van der Waals surface area contributed by atoms with Crippen LogP contribution in [0.25, 0.3) is 17.1 Å². The molecule has 0 saturated carbocycles. The molecule has 2 aromatic heterocycles. The van der Waals surface area contributed by atoms with Gasteiger partial charge in [0.1, 0.15) is 5.69 Å². The summed E-state index contributed by atoms with van der Waals surface area (Å²) in [6.07, 6.45) is 3.91. The standard InChI is InChI=1S/C14H20.C12H13F3N6/c1-4-11-5-6-13-9-12(10(2)3)7-8-14(11)13;1-21-5-9(19-6-21)8-4-7(2-3-18-8)10(16)11(20-17)12(13,14)15/h7-11H,4-6H2,1-3H3;2-6,20H,16-17H2,1H3/b;11-10-. The first kappa shape index (κ1) is 26.3. The van der Waals surface area contributed by atoms with E-state index in [0.717, 1.165) is 5.92 Å². The summed E-state index contributed by atoms with van der Waals surface area (Å²) in [6, 6.07) is 9.89. The average molecular weight is 487 g/mol. The van der Waals surface area contributed by atoms with Crippen molar-refractivity contribution in [3.05, 3.63) is 77.0 Å². The van der Waals surface area contributed by atoms with Crippen LogP contribution in [0.1, 0.15) is 67.7 Å². The normalized spacial score (nSPS) is 15.9. The van der Waals surface area contributed by atoms with Crippen molar-refractivity contribution < 1.29 is 13.2 Å². The summed E-state index contributed by atoms with van der Waals surface area (Å²) in [7, 11) is 1.77. The highest BCUT2D eigenvalue weighted by atomic mass is 19.4. The Morgan fingerprint density at radius 3 is 2.49 bits per heavy atom. The van der Waals surface area contributed by atoms with Crippen LogP contribution in [0.5, 0.6) is 0 Å². The number of imidazole rings is 1. The second-order valence-corrected chi connectivity index (χ2v) is 9.04. The molecule has 1 aliphatic rings. The van der Waals surface area contributed by atoms with Crippen molar-refractivity contribution in [3.8, 4) is 11.4 Å². The zero-order valence-electron chi connectivity index (χ0n) is 20.5. The molecular formula is C26H33F3N6. The van der Waals surface area contributed by atoms with Crippen LogP contribution in [-0.4, -0.2) is 20.7 Å². The third-order valence-corrected chi connectivity index (χ3v) is 6.26. The topological polar surface area (TPSA) is 94.8 Å². The fraction of sp³-hybridized carbons (Fsp3) is 0.385. The van der Waals surface area contributed by atoms with Crippen molar-refractivity contribution in [2.45, 2.75) is 58.0 Å². The van der Waals surface area contributed by atoms with Gasteiger partial charge in [-0.15, -0.1) is 0 Å². The molecule has 1 aliphatic carbocycles. The molecule has 188 valence electrons. The van der Waals surface area contributed by atoms with Crippen molar-refractivity contribution in [1.82, 2.24) is 20.0 Å². The van der Waals surface area contributed by atoms with E-state index < -0.39 is 17.6 Å². The summed E-state index contributed by atoms with van der Waals surface area (Å²) in [6.45, 7) is 6.85. The highest BCUT2D eigenvalue weighted by Gasteiger charge is 2.36. The quantitative estimate of drug-likeness (QED) is 0.332. The van der Waals surface area contributed by atoms with E-state index in [4.69, 9.17) is 11.6 Å². The van der Waals surface area contributed by atoms with Gasteiger partial charge in [0.05, 0.1) is 17.7 Å². The fourth-order valence-corrected chi connectivity index (χ4v) is 4.25. The molecule has 0 spiro atoms. The molecule has 35 heavy (non-hydrogen) atoms. The third-order valence-electron chi connectivity index (χ3n) is 6.26. The number of allylic oxidation sites excluding steroid dienone is 1. The lowest BCUT2D eigenvalue weighted by atomic mass is 9.95. The smallest absolute Gasteiger partial charge is 0.397 e. The summed E-state index contributed by atoms with van der Waals surface area (Å²) in [5.41, 5.74) is 11.3. The summed E-state index contributed by atoms with van der Waals surface area (Å²) >= 11 is 0. The lowest BCUT2D eigenvalue weighted by molar-refractivity contribution is -0.0961. The van der Waals surface area contributed by atoms with E-state index in [0.29, 0.717) is 17.3 Å². The van der Waals surface area contributed by atoms with E-state index in [9.17, 15) is 13.2 Å². The Hall–Kier alpha value is -3.33. The molecule has 6 nitrogen and oxygen atoms in total. The number of nitrogens with zero attached hydrogens (tertiary/aromatic N) is 3. The van der Waals surface area contributed by atoms with Crippen LogP contribution in [0.3, 0.4) is 0 Å². The number of benzene rings is 1. The molecule has 1 atom stereocenters. The van der Waals surface area contributed by atoms with Gasteiger partial charge in [-0.05, 0) is 59.9 Å². The Morgan fingerprint density at radius 1 is 1.17 bits per heavy atom. The van der Waals surface area contributed by atoms with Gasteiger partial charge in [-0.2, -0.15) is 13.2 Å². The summed E-state index contributed by atoms with van der Waals surface area (Å²) in [4.78, 5) is 8.15. The van der Waals surface area contributed by atoms with Gasteiger partial charge in [0.25, 0.3) is 0 Å². The number of hydrogen-bond donors (Lipinski definition) is 3. The highest BCUT2D eigenvalue weighted by molar-refractivity contribution is 5.69. The molecule has 4 rings (SSSR count). The minimum Gasteiger partial charge on any atom is -0.397 e. The maximum atomic E-state index is 12.8. The first-order valence-electron chi connectivity index (χ1n) is 11.7. The number of aromatic nitrogens is 3. The Kier molecular flexibility index (Phi) is 8.22. The molecule has 2 heterocycles. The van der Waals surface area contributed by atoms with Gasteiger partial charge in [-0.1, -0.05) is 39.0 Å². The molecule has 1 aromatic carbocycles. The average Bonchev–Trinajstić information content (AvgIpc) is 3.44. The van der Waals surface area contributed by atoms with E-state index in [1.165, 1.54) is 43.2 Å². The third kappa shape index (κ3) is 6.22. The van der Waals surface area contributed by atoms with Crippen LogP contribution >= 0.6 is 0 Å². The van der Waals surface area contributed by atoms with E-state index in [1.54, 1.807) is 40.7 Å². The molecule has 0 amide bonds. The monoisotopic (exact) mass is 486 g/mol. The van der Waals surface area contributed by atoms with Crippen molar-refractivity contribution in [1.29, 1.82) is 0 Å². The van der Waals surface area contributed by atoms with Gasteiger partial charge < -0.3 is 15.7 Å². The van der Waals surface area contributed by atoms with Gasteiger partial charge in [-0.25, -0.2) is 4.98 Å². The maximum absolute atomic E-state index is 12.8. The van der Waals surface area contributed by atoms with Crippen molar-refractivity contribution in [2.24, 2.45) is 18.6 Å². The van der Waals surface area contributed by atoms with E-state index in [-0.39, 0.29) is 5.56 Å². The highest BCUT2D eigenvalue weighted by Crippen LogP contribution is 2.36. The minimum absolute atomic E-state index is 0.149. The molecule has 3 aromatic rings. The van der Waals surface area contributed by atoms with Crippen LogP contribution in [0.4, 0.5) is 13.2 Å². The molecular weight excluding hydrogens is 453 g/mol. The molecule has 0 bridgehead atoms. The minimum atomic E-state index is -4.67. The van der Waals surface area contributed by atoms with Gasteiger partial charge in [0.2, 0.25) is 0 Å². The lowest BCUT2D eigenvalue weighted by Gasteiger charge is -2.14. The number of nitrogens with two attached hydrogens (primary N) is 2. The summed E-state index contributed by atoms with van der Waals surface area (Å²) in [5.74, 6) is 6.42. The van der Waals surface area contributed by atoms with Crippen molar-refractivity contribution in [3.63, 3.8) is 0 Å². The predicted octanol–water partition coefficient (Wildman–Crippen LogP) is 5.38. The number of alkyl halides is 3. The van der Waals surface area contributed by atoms with E-state index in [1.807, 2.05) is 0 Å². The Morgan fingerprint density at radius 2 is 1.91 bits per heavy atom. The Labute approximate surface area is 204 Å². The van der Waals surface area contributed by atoms with E-state index in [2.05, 4.69) is 48.9 Å². The van der Waals surface area contributed by atoms with Crippen LogP contribution in [-0.2, 0) is 13.5 Å². The van der Waals surface area contributed by atoms with E-state index >= 15 is 0 Å². The Balaban J connectivity index is 0.000000211. The number of rotatable bonds is 5. The number of hydrazine groups is 1. The zero-order valence-corrected chi connectivity index (χ0v) is 20.5. The van der Waals surface area contributed by atoms with Gasteiger partial charge in [0, 0.05) is 25.0 Å². The number of aryl methyl sites for hydroxylation is 2. The number of fused-ring (bicyclic) bond motifs is 1. The van der Waals surface area contributed by atoms with Crippen molar-refractivity contribution in [2.75, 3.05) is 0 Å². The molecule has 0 fully saturated rings. The number of hydrogen-bond acceptors (Lipinski definition) is 5. The molecule has 9 heteroatoms. The first-order chi connectivity index (χ1) is 16.5. The fourth-order valence-electron chi connectivity index (χ4n) is 4.25. The molecule has 0 aliphatic heterocycles. The summed E-state index contributed by atoms with van der Waals surface area (Å²) in [5, 5.41) is 0. The number of nitrogens with one attached hydrogen (secondary N) is 1.